The molecule has 4 nitrogen and oxygen atoms in total. The molecule has 0 spiro atoms. The highest BCUT2D eigenvalue weighted by atomic mass is 79.9. The third kappa shape index (κ3) is 2.76. The van der Waals surface area contributed by atoms with E-state index < -0.39 is 0 Å². The van der Waals surface area contributed by atoms with Crippen LogP contribution in [0.3, 0.4) is 0 Å². The quantitative estimate of drug-likeness (QED) is 0.873. The van der Waals surface area contributed by atoms with Gasteiger partial charge < -0.3 is 9.47 Å². The van der Waals surface area contributed by atoms with Gasteiger partial charge in [-0.3, -0.25) is 4.79 Å². The van der Waals surface area contributed by atoms with Crippen molar-refractivity contribution in [3.63, 3.8) is 0 Å². The molecule has 2 heterocycles. The van der Waals surface area contributed by atoms with Crippen LogP contribution in [0.5, 0.6) is 0 Å². The predicted molar refractivity (Wildman–Crippen MR) is 71.0 cm³/mol. The van der Waals surface area contributed by atoms with Crippen molar-refractivity contribution in [3.05, 3.63) is 39.0 Å². The molecule has 2 aromatic heterocycles. The van der Waals surface area contributed by atoms with Gasteiger partial charge in [0.05, 0.1) is 19.1 Å². The van der Waals surface area contributed by atoms with Crippen molar-refractivity contribution < 1.29 is 4.79 Å². The molecule has 0 saturated carbocycles. The van der Waals surface area contributed by atoms with Crippen molar-refractivity contribution in [1.29, 1.82) is 0 Å². The fraction of sp³-hybridized carbons (Fsp3) is 0.273. The van der Waals surface area contributed by atoms with Gasteiger partial charge in [0.15, 0.2) is 0 Å². The maximum atomic E-state index is 12.1. The van der Waals surface area contributed by atoms with E-state index in [1.165, 1.54) is 0 Å². The van der Waals surface area contributed by atoms with Crippen molar-refractivity contribution in [2.45, 2.75) is 6.54 Å². The average Bonchev–Trinajstić information content (AvgIpc) is 2.86. The van der Waals surface area contributed by atoms with Gasteiger partial charge in [0.1, 0.15) is 5.69 Å². The number of halogens is 1. The Kier molecular flexibility index (Phi) is 3.63. The van der Waals surface area contributed by atoms with Gasteiger partial charge >= 0.3 is 0 Å². The number of carbonyl (C=O) groups is 1. The van der Waals surface area contributed by atoms with E-state index >= 15 is 0 Å². The highest BCUT2D eigenvalue weighted by molar-refractivity contribution is 9.10. The number of aryl methyl sites for hydroxylation is 1. The lowest BCUT2D eigenvalue weighted by atomic mass is 10.3. The summed E-state index contributed by atoms with van der Waals surface area (Å²) < 4.78 is 2.78. The maximum Gasteiger partial charge on any atom is 0.272 e. The van der Waals surface area contributed by atoms with E-state index in [0.717, 1.165) is 9.35 Å². The molecule has 0 unspecified atom stereocenters. The number of nitrogens with zero attached hydrogens (tertiary/aromatic N) is 3. The lowest BCUT2D eigenvalue weighted by Crippen LogP contribution is -2.27. The third-order valence-electron chi connectivity index (χ3n) is 2.40. The van der Waals surface area contributed by atoms with Crippen LogP contribution in [0.2, 0.25) is 0 Å². The van der Waals surface area contributed by atoms with Gasteiger partial charge in [-0.15, -0.1) is 11.3 Å². The fourth-order valence-electron chi connectivity index (χ4n) is 1.50. The molecule has 90 valence electrons. The normalized spacial score (nSPS) is 10.5. The standard InChI is InChI=1S/C11H12BrN3OS/c1-14(5-9-3-8(12)6-17-9)11(16)10-4-13-7-15(10)2/h3-4,6-7H,5H2,1-2H3. The first kappa shape index (κ1) is 12.3. The van der Waals surface area contributed by atoms with Crippen LogP contribution < -0.4 is 0 Å². The van der Waals surface area contributed by atoms with E-state index in [2.05, 4.69) is 20.9 Å². The van der Waals surface area contributed by atoms with Crippen molar-refractivity contribution >= 4 is 33.2 Å². The van der Waals surface area contributed by atoms with Gasteiger partial charge in [0.25, 0.3) is 5.91 Å². The molecule has 6 heteroatoms. The first-order chi connectivity index (χ1) is 8.08. The average molecular weight is 314 g/mol. The van der Waals surface area contributed by atoms with E-state index in [1.807, 2.05) is 18.5 Å². The first-order valence-corrected chi connectivity index (χ1v) is 6.70. The third-order valence-corrected chi connectivity index (χ3v) is 4.08. The number of hydrogen-bond acceptors (Lipinski definition) is 3. The molecule has 17 heavy (non-hydrogen) atoms. The molecule has 2 rings (SSSR count). The van der Waals surface area contributed by atoms with Crippen LogP contribution in [0.4, 0.5) is 0 Å². The largest absolute Gasteiger partial charge is 0.335 e. The number of thiophene rings is 1. The number of hydrogen-bond donors (Lipinski definition) is 0. The smallest absolute Gasteiger partial charge is 0.272 e. The molecule has 0 aliphatic heterocycles. The van der Waals surface area contributed by atoms with E-state index in [1.54, 1.807) is 40.4 Å². The zero-order chi connectivity index (χ0) is 12.4. The van der Waals surface area contributed by atoms with E-state index in [-0.39, 0.29) is 5.91 Å². The second-order valence-electron chi connectivity index (χ2n) is 3.78. The minimum atomic E-state index is -0.0190. The molecule has 0 radical (unpaired) electrons. The summed E-state index contributed by atoms with van der Waals surface area (Å²) in [5.74, 6) is -0.0190. The van der Waals surface area contributed by atoms with Crippen LogP contribution >= 0.6 is 27.3 Å². The van der Waals surface area contributed by atoms with E-state index in [0.29, 0.717) is 12.2 Å². The summed E-state index contributed by atoms with van der Waals surface area (Å²) in [7, 11) is 3.61. The van der Waals surface area contributed by atoms with Gasteiger partial charge in [-0.05, 0) is 22.0 Å². The van der Waals surface area contributed by atoms with Crippen LogP contribution in [0, 0.1) is 0 Å². The van der Waals surface area contributed by atoms with Gasteiger partial charge in [-0.1, -0.05) is 0 Å². The Morgan fingerprint density at radius 1 is 1.65 bits per heavy atom. The van der Waals surface area contributed by atoms with Gasteiger partial charge in [0.2, 0.25) is 0 Å². The van der Waals surface area contributed by atoms with Crippen molar-refractivity contribution in [2.75, 3.05) is 7.05 Å². The van der Waals surface area contributed by atoms with Crippen LogP contribution in [-0.4, -0.2) is 27.4 Å². The minimum Gasteiger partial charge on any atom is -0.335 e. The van der Waals surface area contributed by atoms with Gasteiger partial charge in [-0.2, -0.15) is 0 Å². The summed E-state index contributed by atoms with van der Waals surface area (Å²) in [4.78, 5) is 18.9. The Bertz CT molecular complexity index is 534. The van der Waals surface area contributed by atoms with Crippen LogP contribution in [-0.2, 0) is 13.6 Å². The molecule has 0 saturated heterocycles. The number of rotatable bonds is 3. The summed E-state index contributed by atoms with van der Waals surface area (Å²) >= 11 is 5.04. The maximum absolute atomic E-state index is 12.1. The summed E-state index contributed by atoms with van der Waals surface area (Å²) in [5.41, 5.74) is 0.600. The fourth-order valence-corrected chi connectivity index (χ4v) is 3.00. The van der Waals surface area contributed by atoms with Crippen LogP contribution in [0.25, 0.3) is 0 Å². The van der Waals surface area contributed by atoms with Crippen molar-refractivity contribution in [2.24, 2.45) is 7.05 Å². The molecular weight excluding hydrogens is 302 g/mol. The van der Waals surface area contributed by atoms with Crippen LogP contribution in [0.1, 0.15) is 15.4 Å². The van der Waals surface area contributed by atoms with E-state index in [9.17, 15) is 4.79 Å². The predicted octanol–water partition coefficient (Wildman–Crippen LogP) is 2.52. The topological polar surface area (TPSA) is 38.1 Å². The zero-order valence-electron chi connectivity index (χ0n) is 9.55. The highest BCUT2D eigenvalue weighted by Gasteiger charge is 2.15. The number of aromatic nitrogens is 2. The molecule has 0 N–H and O–H groups in total. The molecule has 1 amide bonds. The Morgan fingerprint density at radius 3 is 2.94 bits per heavy atom. The molecule has 2 aromatic rings. The SMILES string of the molecule is CN(Cc1cc(Br)cs1)C(=O)c1cncn1C. The molecule has 0 fully saturated rings. The summed E-state index contributed by atoms with van der Waals surface area (Å²) in [6.45, 7) is 0.611. The zero-order valence-corrected chi connectivity index (χ0v) is 12.0. The number of amides is 1. The molecule has 0 aliphatic carbocycles. The summed E-state index contributed by atoms with van der Waals surface area (Å²) in [6.07, 6.45) is 3.21. The van der Waals surface area contributed by atoms with Crippen LogP contribution in [0.15, 0.2) is 28.4 Å². The molecule has 0 bridgehead atoms. The molecule has 0 aromatic carbocycles. The monoisotopic (exact) mass is 313 g/mol. The number of imidazole rings is 1. The first-order valence-electron chi connectivity index (χ1n) is 5.02. The van der Waals surface area contributed by atoms with Gasteiger partial charge in [0, 0.05) is 28.8 Å². The molecule has 0 aliphatic rings. The Labute approximate surface area is 112 Å². The molecule has 0 atom stereocenters. The van der Waals surface area contributed by atoms with Crippen molar-refractivity contribution in [3.8, 4) is 0 Å². The Morgan fingerprint density at radius 2 is 2.41 bits per heavy atom. The summed E-state index contributed by atoms with van der Waals surface area (Å²) in [6, 6.07) is 2.03. The molecular formula is C11H12BrN3OS. The Balaban J connectivity index is 2.08. The number of carbonyl (C=O) groups excluding carboxylic acids is 1. The Hall–Kier alpha value is -1.14. The highest BCUT2D eigenvalue weighted by Crippen LogP contribution is 2.21. The second kappa shape index (κ2) is 5.01. The lowest BCUT2D eigenvalue weighted by Gasteiger charge is -2.16. The van der Waals surface area contributed by atoms with Gasteiger partial charge in [-0.25, -0.2) is 4.98 Å². The second-order valence-corrected chi connectivity index (χ2v) is 5.69. The van der Waals surface area contributed by atoms with Crippen molar-refractivity contribution in [1.82, 2.24) is 14.5 Å². The summed E-state index contributed by atoms with van der Waals surface area (Å²) in [5, 5.41) is 2.01. The minimum absolute atomic E-state index is 0.0190. The lowest BCUT2D eigenvalue weighted by molar-refractivity contribution is 0.0777. The van der Waals surface area contributed by atoms with E-state index in [4.69, 9.17) is 0 Å².